The van der Waals surface area contributed by atoms with E-state index in [1.165, 1.54) is 0 Å². The van der Waals surface area contributed by atoms with Gasteiger partial charge in [0.1, 0.15) is 0 Å². The van der Waals surface area contributed by atoms with E-state index in [1.54, 1.807) is 6.08 Å². The summed E-state index contributed by atoms with van der Waals surface area (Å²) in [5.41, 5.74) is 3.84. The minimum absolute atomic E-state index is 0.142. The van der Waals surface area contributed by atoms with Crippen molar-refractivity contribution in [2.45, 2.75) is 6.42 Å². The molecule has 1 aromatic rings. The fourth-order valence-corrected chi connectivity index (χ4v) is 2.05. The highest BCUT2D eigenvalue weighted by Gasteiger charge is 2.28. The minimum atomic E-state index is 0.142. The Hall–Kier alpha value is -1.90. The van der Waals surface area contributed by atoms with Crippen LogP contribution in [-0.4, -0.2) is 18.5 Å². The zero-order chi connectivity index (χ0) is 10.4. The average Bonchev–Trinajstić information content (AvgIpc) is 2.59. The van der Waals surface area contributed by atoms with E-state index in [4.69, 9.17) is 0 Å². The van der Waals surface area contributed by atoms with E-state index in [1.807, 2.05) is 36.2 Å². The van der Waals surface area contributed by atoms with Crippen LogP contribution in [0.15, 0.2) is 41.0 Å². The zero-order valence-corrected chi connectivity index (χ0v) is 8.40. The summed E-state index contributed by atoms with van der Waals surface area (Å²) < 4.78 is 0. The van der Waals surface area contributed by atoms with Gasteiger partial charge in [0.05, 0.1) is 29.2 Å². The maximum atomic E-state index is 11.3. The molecular weight excluding hydrogens is 188 g/mol. The van der Waals surface area contributed by atoms with Gasteiger partial charge in [-0.1, -0.05) is 12.1 Å². The van der Waals surface area contributed by atoms with Crippen molar-refractivity contribution in [1.29, 1.82) is 0 Å². The maximum absolute atomic E-state index is 11.3. The quantitative estimate of drug-likeness (QED) is 0.639. The summed E-state index contributed by atoms with van der Waals surface area (Å²) in [4.78, 5) is 17.8. The standard InChI is InChI=1S/C12H10N2O/c1-14-11-5-3-2-4-9(11)13-10-6-8(15)7-12(10)14/h2-5,7H,6H2,1H3. The molecule has 0 radical (unpaired) electrons. The number of hydrogen-bond acceptors (Lipinski definition) is 3. The predicted molar refractivity (Wildman–Crippen MR) is 59.6 cm³/mol. The number of ketones is 1. The molecule has 0 saturated heterocycles. The van der Waals surface area contributed by atoms with Gasteiger partial charge in [0.15, 0.2) is 5.78 Å². The van der Waals surface area contributed by atoms with Crippen molar-refractivity contribution in [2.75, 3.05) is 11.9 Å². The lowest BCUT2D eigenvalue weighted by Gasteiger charge is -2.26. The fraction of sp³-hybridized carbons (Fsp3) is 0.167. The first kappa shape index (κ1) is 8.41. The molecule has 0 spiro atoms. The number of fused-ring (bicyclic) bond motifs is 2. The van der Waals surface area contributed by atoms with Gasteiger partial charge in [-0.15, -0.1) is 0 Å². The molecule has 1 aliphatic heterocycles. The summed E-state index contributed by atoms with van der Waals surface area (Å²) >= 11 is 0. The first-order valence-corrected chi connectivity index (χ1v) is 4.91. The Morgan fingerprint density at radius 2 is 2.13 bits per heavy atom. The summed E-state index contributed by atoms with van der Waals surface area (Å²) in [5, 5.41) is 0. The number of rotatable bonds is 0. The number of benzene rings is 1. The van der Waals surface area contributed by atoms with Crippen molar-refractivity contribution in [1.82, 2.24) is 0 Å². The SMILES string of the molecule is CN1C2=CC(=O)CC2=Nc2ccccc21. The van der Waals surface area contributed by atoms with Gasteiger partial charge in [-0.05, 0) is 12.1 Å². The number of anilines is 1. The first-order valence-electron chi connectivity index (χ1n) is 4.91. The minimum Gasteiger partial charge on any atom is -0.341 e. The third kappa shape index (κ3) is 1.13. The lowest BCUT2D eigenvalue weighted by molar-refractivity contribution is -0.113. The Labute approximate surface area is 87.7 Å². The molecule has 0 unspecified atom stereocenters. The number of para-hydroxylation sites is 2. The zero-order valence-electron chi connectivity index (χ0n) is 8.40. The second-order valence-corrected chi connectivity index (χ2v) is 3.78. The van der Waals surface area contributed by atoms with Gasteiger partial charge in [0, 0.05) is 13.1 Å². The van der Waals surface area contributed by atoms with Gasteiger partial charge in [-0.2, -0.15) is 0 Å². The smallest absolute Gasteiger partial charge is 0.163 e. The van der Waals surface area contributed by atoms with E-state index in [-0.39, 0.29) is 5.78 Å². The number of carbonyl (C=O) groups is 1. The van der Waals surface area contributed by atoms with Crippen LogP contribution in [0.2, 0.25) is 0 Å². The van der Waals surface area contributed by atoms with Gasteiger partial charge >= 0.3 is 0 Å². The summed E-state index contributed by atoms with van der Waals surface area (Å²) in [6.07, 6.45) is 2.11. The number of allylic oxidation sites excluding steroid dienone is 2. The van der Waals surface area contributed by atoms with Crippen molar-refractivity contribution in [3.05, 3.63) is 36.0 Å². The Morgan fingerprint density at radius 3 is 3.00 bits per heavy atom. The molecule has 0 N–H and O–H groups in total. The topological polar surface area (TPSA) is 32.7 Å². The fourth-order valence-electron chi connectivity index (χ4n) is 2.05. The molecule has 1 aliphatic carbocycles. The molecule has 3 rings (SSSR count). The molecule has 0 aromatic heterocycles. The summed E-state index contributed by atoms with van der Waals surface area (Å²) in [6.45, 7) is 0. The molecule has 0 amide bonds. The van der Waals surface area contributed by atoms with Crippen LogP contribution in [0.5, 0.6) is 0 Å². The van der Waals surface area contributed by atoms with E-state index in [2.05, 4.69) is 4.99 Å². The van der Waals surface area contributed by atoms with Crippen molar-refractivity contribution in [2.24, 2.45) is 4.99 Å². The molecule has 0 fully saturated rings. The number of hydrogen-bond donors (Lipinski definition) is 0. The lowest BCUT2D eigenvalue weighted by atomic mass is 10.1. The monoisotopic (exact) mass is 198 g/mol. The molecule has 74 valence electrons. The summed E-state index contributed by atoms with van der Waals surface area (Å²) in [7, 11) is 1.97. The van der Waals surface area contributed by atoms with E-state index < -0.39 is 0 Å². The number of aliphatic imine (C=N–C) groups is 1. The highest BCUT2D eigenvalue weighted by molar-refractivity contribution is 6.24. The second-order valence-electron chi connectivity index (χ2n) is 3.78. The van der Waals surface area contributed by atoms with Crippen molar-refractivity contribution in [3.8, 4) is 0 Å². The van der Waals surface area contributed by atoms with Crippen molar-refractivity contribution < 1.29 is 4.79 Å². The van der Waals surface area contributed by atoms with Gasteiger partial charge in [-0.3, -0.25) is 4.79 Å². The Balaban J connectivity index is 2.22. The Bertz CT molecular complexity index is 514. The molecule has 15 heavy (non-hydrogen) atoms. The molecule has 0 bridgehead atoms. The highest BCUT2D eigenvalue weighted by Crippen LogP contribution is 2.37. The van der Waals surface area contributed by atoms with E-state index in [0.717, 1.165) is 22.8 Å². The van der Waals surface area contributed by atoms with Crippen LogP contribution in [0.4, 0.5) is 11.4 Å². The van der Waals surface area contributed by atoms with Crippen LogP contribution < -0.4 is 4.90 Å². The lowest BCUT2D eigenvalue weighted by Crippen LogP contribution is -2.23. The number of nitrogens with zero attached hydrogens (tertiary/aromatic N) is 2. The first-order chi connectivity index (χ1) is 7.25. The van der Waals surface area contributed by atoms with Gasteiger partial charge < -0.3 is 4.90 Å². The van der Waals surface area contributed by atoms with E-state index >= 15 is 0 Å². The molecule has 3 nitrogen and oxygen atoms in total. The van der Waals surface area contributed by atoms with Crippen molar-refractivity contribution in [3.63, 3.8) is 0 Å². The average molecular weight is 198 g/mol. The highest BCUT2D eigenvalue weighted by atomic mass is 16.1. The summed E-state index contributed by atoms with van der Waals surface area (Å²) in [6, 6.07) is 7.92. The second kappa shape index (κ2) is 2.79. The summed E-state index contributed by atoms with van der Waals surface area (Å²) in [5.74, 6) is 0.142. The van der Waals surface area contributed by atoms with Crippen LogP contribution in [0, 0.1) is 0 Å². The third-order valence-electron chi connectivity index (χ3n) is 2.79. The molecule has 2 aliphatic rings. The molecular formula is C12H10N2O. The van der Waals surface area contributed by atoms with Crippen molar-refractivity contribution >= 4 is 22.9 Å². The van der Waals surface area contributed by atoms with E-state index in [9.17, 15) is 4.79 Å². The van der Waals surface area contributed by atoms with Crippen LogP contribution in [0.25, 0.3) is 0 Å². The molecule has 1 aromatic carbocycles. The van der Waals surface area contributed by atoms with Gasteiger partial charge in [-0.25, -0.2) is 4.99 Å². The molecule has 0 atom stereocenters. The molecule has 3 heteroatoms. The number of carbonyl (C=O) groups excluding carboxylic acids is 1. The third-order valence-corrected chi connectivity index (χ3v) is 2.79. The normalized spacial score (nSPS) is 18.2. The van der Waals surface area contributed by atoms with Gasteiger partial charge in [0.2, 0.25) is 0 Å². The van der Waals surface area contributed by atoms with Crippen LogP contribution in [0.3, 0.4) is 0 Å². The van der Waals surface area contributed by atoms with Gasteiger partial charge in [0.25, 0.3) is 0 Å². The molecule has 0 saturated carbocycles. The van der Waals surface area contributed by atoms with Crippen LogP contribution in [0.1, 0.15) is 6.42 Å². The van der Waals surface area contributed by atoms with E-state index in [0.29, 0.717) is 6.42 Å². The van der Waals surface area contributed by atoms with Crippen LogP contribution >= 0.6 is 0 Å². The Kier molecular flexibility index (Phi) is 1.57. The van der Waals surface area contributed by atoms with Crippen LogP contribution in [-0.2, 0) is 4.79 Å². The maximum Gasteiger partial charge on any atom is 0.163 e. The Morgan fingerprint density at radius 1 is 1.33 bits per heavy atom. The largest absolute Gasteiger partial charge is 0.341 e. The molecule has 1 heterocycles. The predicted octanol–water partition coefficient (Wildman–Crippen LogP) is 2.07.